The van der Waals surface area contributed by atoms with Crippen molar-refractivity contribution in [3.8, 4) is 0 Å². The van der Waals surface area contributed by atoms with Crippen molar-refractivity contribution in [2.24, 2.45) is 5.92 Å². The normalized spacial score (nSPS) is 10.5. The summed E-state index contributed by atoms with van der Waals surface area (Å²) in [6.45, 7) is 5.20. The molecule has 0 spiro atoms. The van der Waals surface area contributed by atoms with Gasteiger partial charge in [0.15, 0.2) is 0 Å². The summed E-state index contributed by atoms with van der Waals surface area (Å²) in [5, 5.41) is 3.27. The molecular weight excluding hydrogens is 280 g/mol. The van der Waals surface area contributed by atoms with Crippen LogP contribution in [0.1, 0.15) is 13.8 Å². The molecule has 0 atom stereocenters. The predicted octanol–water partition coefficient (Wildman–Crippen LogP) is 3.50. The van der Waals surface area contributed by atoms with E-state index in [0.717, 1.165) is 15.8 Å². The minimum atomic E-state index is -0.181. The molecular formula is C10H13FIN. The number of halogens is 2. The smallest absolute Gasteiger partial charge is 0.124 e. The van der Waals surface area contributed by atoms with Crippen molar-refractivity contribution in [1.82, 2.24) is 0 Å². The first-order valence-electron chi connectivity index (χ1n) is 4.28. The van der Waals surface area contributed by atoms with E-state index in [2.05, 4.69) is 41.8 Å². The maximum atomic E-state index is 12.7. The quantitative estimate of drug-likeness (QED) is 0.841. The van der Waals surface area contributed by atoms with Crippen molar-refractivity contribution in [2.45, 2.75) is 13.8 Å². The van der Waals surface area contributed by atoms with Gasteiger partial charge in [0.1, 0.15) is 5.82 Å². The topological polar surface area (TPSA) is 12.0 Å². The zero-order chi connectivity index (χ0) is 9.84. The Morgan fingerprint density at radius 3 is 2.69 bits per heavy atom. The summed E-state index contributed by atoms with van der Waals surface area (Å²) < 4.78 is 13.6. The fraction of sp³-hybridized carbons (Fsp3) is 0.400. The highest BCUT2D eigenvalue weighted by Crippen LogP contribution is 2.19. The van der Waals surface area contributed by atoms with Crippen LogP contribution in [0.15, 0.2) is 18.2 Å². The van der Waals surface area contributed by atoms with Gasteiger partial charge in [-0.25, -0.2) is 4.39 Å². The van der Waals surface area contributed by atoms with Gasteiger partial charge in [0, 0.05) is 15.8 Å². The van der Waals surface area contributed by atoms with E-state index in [1.54, 1.807) is 6.07 Å². The van der Waals surface area contributed by atoms with Gasteiger partial charge in [0.05, 0.1) is 0 Å². The molecule has 0 heterocycles. The minimum Gasteiger partial charge on any atom is -0.384 e. The second-order valence-corrected chi connectivity index (χ2v) is 4.56. The van der Waals surface area contributed by atoms with Crippen LogP contribution in [0.3, 0.4) is 0 Å². The Kier molecular flexibility index (Phi) is 3.96. The SMILES string of the molecule is CC(C)CNc1ccc(F)cc1I. The van der Waals surface area contributed by atoms with Crippen LogP contribution in [0.5, 0.6) is 0 Å². The van der Waals surface area contributed by atoms with Crippen molar-refractivity contribution < 1.29 is 4.39 Å². The third kappa shape index (κ3) is 3.50. The van der Waals surface area contributed by atoms with E-state index < -0.39 is 0 Å². The second kappa shape index (κ2) is 4.79. The van der Waals surface area contributed by atoms with Crippen molar-refractivity contribution in [3.63, 3.8) is 0 Å². The Balaban J connectivity index is 2.67. The first kappa shape index (κ1) is 10.8. The number of rotatable bonds is 3. The summed E-state index contributed by atoms with van der Waals surface area (Å²) in [7, 11) is 0. The summed E-state index contributed by atoms with van der Waals surface area (Å²) in [4.78, 5) is 0. The lowest BCUT2D eigenvalue weighted by molar-refractivity contribution is 0.626. The van der Waals surface area contributed by atoms with Crippen LogP contribution in [0, 0.1) is 15.3 Å². The van der Waals surface area contributed by atoms with E-state index >= 15 is 0 Å². The Morgan fingerprint density at radius 2 is 2.15 bits per heavy atom. The number of anilines is 1. The first-order valence-corrected chi connectivity index (χ1v) is 5.36. The molecule has 0 radical (unpaired) electrons. The highest BCUT2D eigenvalue weighted by Gasteiger charge is 2.01. The van der Waals surface area contributed by atoms with Gasteiger partial charge in [0.2, 0.25) is 0 Å². The predicted molar refractivity (Wildman–Crippen MR) is 62.4 cm³/mol. The van der Waals surface area contributed by atoms with Crippen LogP contribution in [-0.4, -0.2) is 6.54 Å². The molecule has 1 aromatic rings. The average Bonchev–Trinajstić information content (AvgIpc) is 2.02. The fourth-order valence-electron chi connectivity index (χ4n) is 0.947. The molecule has 0 aliphatic heterocycles. The molecule has 0 fully saturated rings. The molecule has 0 aliphatic carbocycles. The van der Waals surface area contributed by atoms with Gasteiger partial charge in [-0.15, -0.1) is 0 Å². The maximum absolute atomic E-state index is 12.7. The van der Waals surface area contributed by atoms with Crippen LogP contribution < -0.4 is 5.32 Å². The van der Waals surface area contributed by atoms with Gasteiger partial charge in [-0.3, -0.25) is 0 Å². The summed E-state index contributed by atoms with van der Waals surface area (Å²) in [6, 6.07) is 4.79. The molecule has 0 saturated carbocycles. The monoisotopic (exact) mass is 293 g/mol. The van der Waals surface area contributed by atoms with E-state index in [1.165, 1.54) is 12.1 Å². The Labute approximate surface area is 91.9 Å². The van der Waals surface area contributed by atoms with Gasteiger partial charge in [-0.1, -0.05) is 13.8 Å². The Morgan fingerprint density at radius 1 is 1.46 bits per heavy atom. The highest BCUT2D eigenvalue weighted by molar-refractivity contribution is 14.1. The largest absolute Gasteiger partial charge is 0.384 e. The summed E-state index contributed by atoms with van der Waals surface area (Å²) in [5.74, 6) is 0.417. The van der Waals surface area contributed by atoms with Gasteiger partial charge >= 0.3 is 0 Å². The van der Waals surface area contributed by atoms with Crippen LogP contribution in [0.2, 0.25) is 0 Å². The molecule has 0 unspecified atom stereocenters. The summed E-state index contributed by atoms with van der Waals surface area (Å²) in [5.41, 5.74) is 1.01. The highest BCUT2D eigenvalue weighted by atomic mass is 127. The molecule has 0 aliphatic rings. The maximum Gasteiger partial charge on any atom is 0.124 e. The molecule has 1 N–H and O–H groups in total. The molecule has 0 aromatic heterocycles. The third-order valence-corrected chi connectivity index (χ3v) is 2.52. The molecule has 1 rings (SSSR count). The van der Waals surface area contributed by atoms with Gasteiger partial charge < -0.3 is 5.32 Å². The van der Waals surface area contributed by atoms with Crippen molar-refractivity contribution >= 4 is 28.3 Å². The molecule has 0 saturated heterocycles. The summed E-state index contributed by atoms with van der Waals surface area (Å²) in [6.07, 6.45) is 0. The Hall–Kier alpha value is -0.320. The molecule has 0 bridgehead atoms. The number of hydrogen-bond donors (Lipinski definition) is 1. The molecule has 13 heavy (non-hydrogen) atoms. The lowest BCUT2D eigenvalue weighted by Crippen LogP contribution is -2.08. The first-order chi connectivity index (χ1) is 6.09. The van der Waals surface area contributed by atoms with E-state index in [1.807, 2.05) is 0 Å². The second-order valence-electron chi connectivity index (χ2n) is 3.40. The van der Waals surface area contributed by atoms with E-state index in [4.69, 9.17) is 0 Å². The van der Waals surface area contributed by atoms with Crippen LogP contribution >= 0.6 is 22.6 Å². The van der Waals surface area contributed by atoms with Crippen LogP contribution in [0.25, 0.3) is 0 Å². The van der Waals surface area contributed by atoms with Gasteiger partial charge in [-0.2, -0.15) is 0 Å². The lowest BCUT2D eigenvalue weighted by atomic mass is 10.2. The summed E-state index contributed by atoms with van der Waals surface area (Å²) >= 11 is 2.13. The van der Waals surface area contributed by atoms with E-state index in [-0.39, 0.29) is 5.82 Å². The van der Waals surface area contributed by atoms with Gasteiger partial charge in [0.25, 0.3) is 0 Å². The Bertz CT molecular complexity index is 286. The van der Waals surface area contributed by atoms with E-state index in [0.29, 0.717) is 5.92 Å². The molecule has 0 amide bonds. The number of benzene rings is 1. The lowest BCUT2D eigenvalue weighted by Gasteiger charge is -2.10. The standard InChI is InChI=1S/C10H13FIN/c1-7(2)6-13-10-4-3-8(11)5-9(10)12/h3-5,7,13H,6H2,1-2H3. The molecule has 1 nitrogen and oxygen atoms in total. The zero-order valence-electron chi connectivity index (χ0n) is 7.77. The fourth-order valence-corrected chi connectivity index (χ4v) is 1.61. The molecule has 3 heteroatoms. The van der Waals surface area contributed by atoms with E-state index in [9.17, 15) is 4.39 Å². The van der Waals surface area contributed by atoms with Crippen molar-refractivity contribution in [3.05, 3.63) is 27.6 Å². The number of nitrogens with one attached hydrogen (secondary N) is 1. The minimum absolute atomic E-state index is 0.181. The van der Waals surface area contributed by atoms with Crippen molar-refractivity contribution in [1.29, 1.82) is 0 Å². The zero-order valence-corrected chi connectivity index (χ0v) is 9.93. The van der Waals surface area contributed by atoms with Gasteiger partial charge in [-0.05, 0) is 46.7 Å². The molecule has 1 aromatic carbocycles. The van der Waals surface area contributed by atoms with Crippen molar-refractivity contribution in [2.75, 3.05) is 11.9 Å². The number of hydrogen-bond acceptors (Lipinski definition) is 1. The third-order valence-electron chi connectivity index (χ3n) is 1.63. The van der Waals surface area contributed by atoms with Crippen LogP contribution in [0.4, 0.5) is 10.1 Å². The van der Waals surface area contributed by atoms with Crippen LogP contribution in [-0.2, 0) is 0 Å². The average molecular weight is 293 g/mol. The molecule has 72 valence electrons.